The van der Waals surface area contributed by atoms with Crippen molar-refractivity contribution in [2.75, 3.05) is 0 Å². The van der Waals surface area contributed by atoms with E-state index >= 15 is 0 Å². The third-order valence-electron chi connectivity index (χ3n) is 7.44. The van der Waals surface area contributed by atoms with Crippen LogP contribution in [0.5, 0.6) is 0 Å². The van der Waals surface area contributed by atoms with Crippen LogP contribution >= 0.6 is 0 Å². The molecule has 0 radical (unpaired) electrons. The first-order valence-corrected chi connectivity index (χ1v) is 19.7. The summed E-state index contributed by atoms with van der Waals surface area (Å²) in [7, 11) is 0. The molecule has 320 valence electrons. The van der Waals surface area contributed by atoms with Gasteiger partial charge < -0.3 is 20.6 Å². The predicted molar refractivity (Wildman–Crippen MR) is 240 cm³/mol. The Bertz CT molecular complexity index is 1550. The number of amidine groups is 2. The van der Waals surface area contributed by atoms with Gasteiger partial charge in [-0.05, 0) is 63.5 Å². The first-order valence-electron chi connectivity index (χ1n) is 19.7. The van der Waals surface area contributed by atoms with Crippen LogP contribution in [0, 0.1) is 21.7 Å². The fourth-order valence-corrected chi connectivity index (χ4v) is 3.78. The van der Waals surface area contributed by atoms with Gasteiger partial charge >= 0.3 is 0 Å². The van der Waals surface area contributed by atoms with Crippen molar-refractivity contribution in [2.45, 2.75) is 188 Å². The summed E-state index contributed by atoms with van der Waals surface area (Å²) in [5, 5.41) is 5.93. The number of rotatable bonds is 0. The Morgan fingerprint density at radius 1 is 0.429 bits per heavy atom. The Kier molecular flexibility index (Phi) is 19.4. The van der Waals surface area contributed by atoms with Gasteiger partial charge in [-0.3, -0.25) is 29.2 Å². The number of hydrogen-bond acceptors (Lipinski definition) is 6. The van der Waals surface area contributed by atoms with Crippen LogP contribution in [0.3, 0.4) is 0 Å². The minimum Gasteiger partial charge on any atom is -0.329 e. The molecule has 0 atom stereocenters. The number of carbonyl (C=O) groups is 2. The highest BCUT2D eigenvalue weighted by Gasteiger charge is 2.30. The van der Waals surface area contributed by atoms with Gasteiger partial charge in [0.05, 0.1) is 11.1 Å². The maximum absolute atomic E-state index is 12.0. The summed E-state index contributed by atoms with van der Waals surface area (Å²) in [5.41, 5.74) is 0.955. The van der Waals surface area contributed by atoms with Gasteiger partial charge in [0.1, 0.15) is 11.7 Å². The smallest absolute Gasteiger partial charge is 0.247 e. The van der Waals surface area contributed by atoms with E-state index in [0.29, 0.717) is 0 Å². The average Bonchev–Trinajstić information content (AvgIpc) is 2.93. The van der Waals surface area contributed by atoms with E-state index in [1.165, 1.54) is 0 Å². The van der Waals surface area contributed by atoms with Gasteiger partial charge in [0.25, 0.3) is 0 Å². The van der Waals surface area contributed by atoms with Crippen molar-refractivity contribution >= 4 is 23.5 Å². The van der Waals surface area contributed by atoms with E-state index < -0.39 is 10.8 Å². The summed E-state index contributed by atoms with van der Waals surface area (Å²) in [4.78, 5) is 60.0. The van der Waals surface area contributed by atoms with Gasteiger partial charge in [0, 0.05) is 46.2 Å². The van der Waals surface area contributed by atoms with E-state index in [0.717, 1.165) is 22.8 Å². The molecule has 0 fully saturated rings. The van der Waals surface area contributed by atoms with E-state index in [4.69, 9.17) is 0 Å². The molecule has 0 aliphatic rings. The Labute approximate surface area is 341 Å². The van der Waals surface area contributed by atoms with Crippen molar-refractivity contribution in [1.29, 1.82) is 0 Å². The Morgan fingerprint density at radius 3 is 0.821 bits per heavy atom. The number of hydrogen-bond donors (Lipinski definition) is 4. The second kappa shape index (κ2) is 20.0. The molecule has 2 heterocycles. The first kappa shape index (κ1) is 54.3. The topological polar surface area (TPSA) is 149 Å². The molecule has 0 aliphatic heterocycles. The zero-order valence-corrected chi connectivity index (χ0v) is 40.0. The number of nitrogens with one attached hydrogen (secondary N) is 4. The molecular weight excluding hydrogens is 701 g/mol. The Balaban J connectivity index is 0. The molecule has 2 amide bonds. The number of aromatic amines is 2. The largest absolute Gasteiger partial charge is 0.329 e. The van der Waals surface area contributed by atoms with Crippen LogP contribution in [-0.4, -0.2) is 44.5 Å². The monoisotopic (exact) mass is 783 g/mol. The van der Waals surface area contributed by atoms with Crippen LogP contribution in [0.15, 0.2) is 56.2 Å². The molecule has 0 saturated carbocycles. The lowest BCUT2D eigenvalue weighted by Crippen LogP contribution is -2.45. The van der Waals surface area contributed by atoms with Gasteiger partial charge in [-0.15, -0.1) is 0 Å². The number of pyridine rings is 2. The lowest BCUT2D eigenvalue weighted by Gasteiger charge is -2.28. The molecule has 0 bridgehead atoms. The lowest BCUT2D eigenvalue weighted by molar-refractivity contribution is -0.127. The van der Waals surface area contributed by atoms with Crippen molar-refractivity contribution in [3.8, 4) is 0 Å². The van der Waals surface area contributed by atoms with Crippen LogP contribution < -0.4 is 21.8 Å². The van der Waals surface area contributed by atoms with Gasteiger partial charge in [0.15, 0.2) is 0 Å². The molecule has 2 aromatic heterocycles. The van der Waals surface area contributed by atoms with Crippen LogP contribution in [0.4, 0.5) is 0 Å². The minimum absolute atomic E-state index is 0.00965. The molecule has 10 nitrogen and oxygen atoms in total. The van der Waals surface area contributed by atoms with Crippen molar-refractivity contribution in [3.63, 3.8) is 0 Å². The predicted octanol–water partition coefficient (Wildman–Crippen LogP) is 10.1. The first-order chi connectivity index (χ1) is 24.5. The number of amides is 2. The molecule has 0 aliphatic carbocycles. The van der Waals surface area contributed by atoms with Crippen LogP contribution in [0.1, 0.15) is 177 Å². The summed E-state index contributed by atoms with van der Waals surface area (Å²) >= 11 is 0. The standard InChI is InChI=1S/2C14H28N2O.2C9H13NO/c2*1-12(2,3)10(16-14(7,8)9)15-11(17)13(4,5)6;2*1-9(2,3)7-4-5-8(11)10-6-7/h2*1-9H3,(H,15,16,17);2*4-6H,1-3H3,(H,10,11). The molecule has 0 spiro atoms. The molecule has 0 saturated heterocycles. The van der Waals surface area contributed by atoms with Crippen molar-refractivity contribution < 1.29 is 9.59 Å². The number of H-pyrrole nitrogens is 2. The fourth-order valence-electron chi connectivity index (χ4n) is 3.78. The SMILES string of the molecule is CC(C)(C)N=C(NC(=O)C(C)(C)C)C(C)(C)C.CC(C)(C)N=C(NC(=O)C(C)(C)C)C(C)(C)C.CC(C)(C)c1ccc(=O)[nH]c1.CC(C)(C)c1ccc(=O)[nH]c1. The molecule has 0 aromatic carbocycles. The zero-order chi connectivity index (χ0) is 45.1. The Hall–Kier alpha value is -3.82. The highest BCUT2D eigenvalue weighted by atomic mass is 16.2. The number of aromatic nitrogens is 2. The van der Waals surface area contributed by atoms with Gasteiger partial charge in [-0.1, -0.05) is 137 Å². The summed E-state index contributed by atoms with van der Waals surface area (Å²) in [5.74, 6) is 1.53. The maximum atomic E-state index is 12.0. The molecule has 10 heteroatoms. The van der Waals surface area contributed by atoms with Crippen LogP contribution in [0.25, 0.3) is 0 Å². The molecular formula is C46H82N6O4. The second-order valence-corrected chi connectivity index (χ2v) is 22.6. The van der Waals surface area contributed by atoms with Gasteiger partial charge in [-0.25, -0.2) is 0 Å². The highest BCUT2D eigenvalue weighted by Crippen LogP contribution is 2.23. The molecule has 56 heavy (non-hydrogen) atoms. The van der Waals surface area contributed by atoms with Gasteiger partial charge in [0.2, 0.25) is 22.9 Å². The molecule has 0 unspecified atom stereocenters. The van der Waals surface area contributed by atoms with E-state index in [-0.39, 0.29) is 55.7 Å². The van der Waals surface area contributed by atoms with E-state index in [1.54, 1.807) is 24.5 Å². The highest BCUT2D eigenvalue weighted by molar-refractivity contribution is 6.03. The Morgan fingerprint density at radius 2 is 0.679 bits per heavy atom. The fraction of sp³-hybridized carbons (Fsp3) is 0.696. The average molecular weight is 783 g/mol. The van der Waals surface area contributed by atoms with E-state index in [2.05, 4.69) is 114 Å². The van der Waals surface area contributed by atoms with Crippen LogP contribution in [0.2, 0.25) is 0 Å². The summed E-state index contributed by atoms with van der Waals surface area (Å²) in [6.45, 7) is 48.6. The van der Waals surface area contributed by atoms with Crippen LogP contribution in [-0.2, 0) is 20.4 Å². The summed E-state index contributed by atoms with van der Waals surface area (Å²) in [6.07, 6.45) is 3.53. The van der Waals surface area contributed by atoms with Gasteiger partial charge in [-0.2, -0.15) is 0 Å². The lowest BCUT2D eigenvalue weighted by atomic mass is 9.88. The number of carbonyl (C=O) groups excluding carboxylic acids is 2. The van der Waals surface area contributed by atoms with Crippen molar-refractivity contribution in [1.82, 2.24) is 20.6 Å². The minimum atomic E-state index is -0.399. The summed E-state index contributed by atoms with van der Waals surface area (Å²) in [6, 6.07) is 6.83. The molecule has 2 aromatic rings. The van der Waals surface area contributed by atoms with E-state index in [9.17, 15) is 19.2 Å². The quantitative estimate of drug-likeness (QED) is 0.155. The number of aliphatic imine (C=N–C) groups is 2. The summed E-state index contributed by atoms with van der Waals surface area (Å²) < 4.78 is 0. The molecule has 4 N–H and O–H groups in total. The second-order valence-electron chi connectivity index (χ2n) is 22.6. The van der Waals surface area contributed by atoms with Crippen molar-refractivity contribution in [2.24, 2.45) is 31.6 Å². The normalized spacial score (nSPS) is 13.5. The zero-order valence-electron chi connectivity index (χ0n) is 40.0. The third kappa shape index (κ3) is 24.6. The number of nitrogens with zero attached hydrogens (tertiary/aromatic N) is 2. The van der Waals surface area contributed by atoms with Crippen molar-refractivity contribution in [3.05, 3.63) is 68.5 Å². The third-order valence-corrected chi connectivity index (χ3v) is 7.44. The van der Waals surface area contributed by atoms with E-state index in [1.807, 2.05) is 95.2 Å². The molecule has 2 rings (SSSR count). The maximum Gasteiger partial charge on any atom is 0.247 e.